The lowest BCUT2D eigenvalue weighted by Crippen LogP contribution is -2.65. The molecule has 22 N–H and O–H groups in total. The number of carbonyl (C=O) groups excluding carboxylic acids is 7. The summed E-state index contributed by atoms with van der Waals surface area (Å²) in [7, 11) is 0. The quantitative estimate of drug-likeness (QED) is 0.0688. The number of aliphatic hydroxyl groups excluding tert-OH is 2. The number of rotatable bonds is 15. The van der Waals surface area contributed by atoms with Crippen LogP contribution >= 0.6 is 0 Å². The number of nitrogens with one attached hydrogen (secondary N) is 8. The summed E-state index contributed by atoms with van der Waals surface area (Å²) in [5.41, 5.74) is 33.8. The second-order valence-electron chi connectivity index (χ2n) is 12.8. The van der Waals surface area contributed by atoms with E-state index in [9.17, 15) is 43.8 Å². The van der Waals surface area contributed by atoms with Gasteiger partial charge in [0.1, 0.15) is 29.9 Å². The van der Waals surface area contributed by atoms with Crippen LogP contribution in [-0.2, 0) is 33.6 Å². The van der Waals surface area contributed by atoms with Gasteiger partial charge < -0.3 is 87.1 Å². The Labute approximate surface area is 311 Å². The number of guanidine groups is 1. The molecule has 0 aromatic carbocycles. The molecule has 0 radical (unpaired) electrons. The molecule has 1 fully saturated rings. The molecule has 2 aliphatic heterocycles. The van der Waals surface area contributed by atoms with Crippen LogP contribution in [0.2, 0.25) is 0 Å². The molecule has 24 nitrogen and oxygen atoms in total. The average Bonchev–Trinajstić information content (AvgIpc) is 3.11. The van der Waals surface area contributed by atoms with E-state index in [2.05, 4.69) is 47.5 Å². The van der Waals surface area contributed by atoms with Crippen molar-refractivity contribution in [3.8, 4) is 0 Å². The highest BCUT2D eigenvalue weighted by Gasteiger charge is 2.37. The molecule has 1 saturated heterocycles. The fraction of sp³-hybridized carbons (Fsp3) is 0.667. The standard InChI is InChI=1S/C30H55N15O9/c31-5-1-3-14(34)7-21(47)37-11-19-27(52)40-17(10-33)25(50)45-24(16-9-23(49)44-30(36)43-16)29(54)38-12-18(26(51)42-20(13-46)28(53)41-19)39-22(48)8-15(35)4-2-6-32/h10,14-16,18-20,23-24,46,49H,1-9,11-13,31-35H2,(H,37,47)(H,38,54)(H,39,48)(H,40,52)(H,41,53)(H,42,51)(H,45,50)(H3,36,43,44)/b17-10-/t14-,15-,16?,18-,19-,20-,23+,24-/m0/s1. The van der Waals surface area contributed by atoms with E-state index >= 15 is 0 Å². The van der Waals surface area contributed by atoms with Crippen molar-refractivity contribution >= 4 is 47.3 Å². The summed E-state index contributed by atoms with van der Waals surface area (Å²) in [6.45, 7) is -1.47. The zero-order chi connectivity index (χ0) is 40.4. The Hall–Kier alpha value is -5.14. The third kappa shape index (κ3) is 15.1. The van der Waals surface area contributed by atoms with Gasteiger partial charge >= 0.3 is 0 Å². The maximum Gasteiger partial charge on any atom is 0.270 e. The van der Waals surface area contributed by atoms with E-state index in [1.165, 1.54) is 0 Å². The van der Waals surface area contributed by atoms with Gasteiger partial charge in [0.2, 0.25) is 35.4 Å². The minimum atomic E-state index is -1.72. The highest BCUT2D eigenvalue weighted by Crippen LogP contribution is 2.11. The SMILES string of the molecule is N/C=C1\NC(=O)[C@H](CNC(=O)C[C@@H](N)CCCN)NC(=O)[C@H](CO)NC(=O)[C@@H](NC(=O)C[C@@H](N)CCCN)CNC(=O)[C@H](C2C[C@@H](O)N=C(N)N2)NC1=O. The molecule has 2 rings (SSSR count). The number of aliphatic hydroxyl groups is 2. The van der Waals surface area contributed by atoms with E-state index in [-0.39, 0.29) is 25.2 Å². The van der Waals surface area contributed by atoms with Crippen LogP contribution in [0.15, 0.2) is 16.9 Å². The van der Waals surface area contributed by atoms with Gasteiger partial charge in [-0.2, -0.15) is 0 Å². The van der Waals surface area contributed by atoms with Crippen LogP contribution in [0, 0.1) is 0 Å². The van der Waals surface area contributed by atoms with E-state index in [1.807, 2.05) is 0 Å². The second kappa shape index (κ2) is 22.8. The summed E-state index contributed by atoms with van der Waals surface area (Å²) in [6.07, 6.45) is 0.630. The summed E-state index contributed by atoms with van der Waals surface area (Å²) < 4.78 is 0. The molecule has 8 atom stereocenters. The topological polar surface area (TPSA) is 425 Å². The van der Waals surface area contributed by atoms with Crippen molar-refractivity contribution in [2.24, 2.45) is 39.4 Å². The van der Waals surface area contributed by atoms with E-state index in [0.717, 1.165) is 0 Å². The van der Waals surface area contributed by atoms with Crippen LogP contribution in [0.3, 0.4) is 0 Å². The predicted octanol–water partition coefficient (Wildman–Crippen LogP) is -9.01. The summed E-state index contributed by atoms with van der Waals surface area (Å²) in [4.78, 5) is 96.8. The van der Waals surface area contributed by atoms with E-state index in [0.29, 0.717) is 45.0 Å². The van der Waals surface area contributed by atoms with Gasteiger partial charge in [-0.05, 0) is 38.8 Å². The molecule has 2 aliphatic rings. The van der Waals surface area contributed by atoms with Gasteiger partial charge in [0.05, 0.1) is 12.6 Å². The Balaban J connectivity index is 2.49. The van der Waals surface area contributed by atoms with Crippen LogP contribution in [0.1, 0.15) is 44.9 Å². The molecule has 7 amide bonds. The van der Waals surface area contributed by atoms with Gasteiger partial charge in [-0.3, -0.25) is 33.6 Å². The molecule has 304 valence electrons. The summed E-state index contributed by atoms with van der Waals surface area (Å²) >= 11 is 0. The molecule has 0 spiro atoms. The van der Waals surface area contributed by atoms with Gasteiger partial charge in [0, 0.05) is 50.6 Å². The molecular weight excluding hydrogens is 714 g/mol. The zero-order valence-electron chi connectivity index (χ0n) is 29.8. The predicted molar refractivity (Wildman–Crippen MR) is 192 cm³/mol. The van der Waals surface area contributed by atoms with E-state index in [4.69, 9.17) is 34.4 Å². The maximum absolute atomic E-state index is 13.7. The number of nitrogens with two attached hydrogens (primary N) is 6. The fourth-order valence-corrected chi connectivity index (χ4v) is 5.36. The van der Waals surface area contributed by atoms with Gasteiger partial charge in [-0.15, -0.1) is 0 Å². The lowest BCUT2D eigenvalue weighted by atomic mass is 10.0. The Morgan fingerprint density at radius 2 is 1.48 bits per heavy atom. The number of nitrogens with zero attached hydrogens (tertiary/aromatic N) is 1. The number of hydrogen-bond donors (Lipinski definition) is 16. The summed E-state index contributed by atoms with van der Waals surface area (Å²) in [5.74, 6) is -6.85. The van der Waals surface area contributed by atoms with Gasteiger partial charge in [-0.25, -0.2) is 4.99 Å². The molecule has 2 heterocycles. The molecule has 0 aromatic rings. The molecule has 24 heteroatoms. The van der Waals surface area contributed by atoms with Crippen molar-refractivity contribution in [1.82, 2.24) is 42.5 Å². The first kappa shape index (κ1) is 45.0. The number of carbonyl (C=O) groups is 7. The molecule has 0 saturated carbocycles. The maximum atomic E-state index is 13.7. The van der Waals surface area contributed by atoms with Crippen molar-refractivity contribution in [3.63, 3.8) is 0 Å². The molecule has 0 bridgehead atoms. The Bertz CT molecular complexity index is 1400. The number of amides is 7. The van der Waals surface area contributed by atoms with Crippen molar-refractivity contribution in [2.45, 2.75) is 93.5 Å². The first-order valence-corrected chi connectivity index (χ1v) is 17.4. The first-order valence-electron chi connectivity index (χ1n) is 17.4. The minimum absolute atomic E-state index is 0.151. The Morgan fingerprint density at radius 3 is 2.06 bits per heavy atom. The highest BCUT2D eigenvalue weighted by molar-refractivity contribution is 6.02. The van der Waals surface area contributed by atoms with E-state index in [1.54, 1.807) is 0 Å². The van der Waals surface area contributed by atoms with Gasteiger partial charge in [0.15, 0.2) is 12.2 Å². The average molecular weight is 770 g/mol. The van der Waals surface area contributed by atoms with Crippen LogP contribution < -0.4 is 76.9 Å². The second-order valence-corrected chi connectivity index (χ2v) is 12.8. The Kier molecular flexibility index (Phi) is 19.0. The largest absolute Gasteiger partial charge is 0.403 e. The third-order valence-corrected chi connectivity index (χ3v) is 8.26. The van der Waals surface area contributed by atoms with Crippen LogP contribution in [0.25, 0.3) is 0 Å². The van der Waals surface area contributed by atoms with Crippen LogP contribution in [0.4, 0.5) is 0 Å². The first-order chi connectivity index (χ1) is 25.6. The fourth-order valence-electron chi connectivity index (χ4n) is 5.36. The highest BCUT2D eigenvalue weighted by atomic mass is 16.3. The van der Waals surface area contributed by atoms with Gasteiger partial charge in [-0.1, -0.05) is 0 Å². The normalized spacial score (nSPS) is 26.4. The lowest BCUT2D eigenvalue weighted by Gasteiger charge is -2.33. The summed E-state index contributed by atoms with van der Waals surface area (Å²) in [5, 5.41) is 39.6. The zero-order valence-corrected chi connectivity index (χ0v) is 29.8. The molecule has 0 aromatic heterocycles. The minimum Gasteiger partial charge on any atom is -0.403 e. The molecule has 0 aliphatic carbocycles. The van der Waals surface area contributed by atoms with Crippen molar-refractivity contribution in [3.05, 3.63) is 11.9 Å². The molecule has 54 heavy (non-hydrogen) atoms. The molecule has 1 unspecified atom stereocenters. The van der Waals surface area contributed by atoms with Crippen molar-refractivity contribution < 1.29 is 43.8 Å². The van der Waals surface area contributed by atoms with Gasteiger partial charge in [0.25, 0.3) is 5.91 Å². The van der Waals surface area contributed by atoms with Crippen molar-refractivity contribution in [1.29, 1.82) is 0 Å². The molecular formula is C30H55N15O9. The van der Waals surface area contributed by atoms with Crippen LogP contribution in [0.5, 0.6) is 0 Å². The smallest absolute Gasteiger partial charge is 0.270 e. The monoisotopic (exact) mass is 769 g/mol. The van der Waals surface area contributed by atoms with E-state index < -0.39 is 115 Å². The third-order valence-electron chi connectivity index (χ3n) is 8.26. The summed E-state index contributed by atoms with van der Waals surface area (Å²) in [6, 6.07) is -8.80. The number of hydrogen-bond acceptors (Lipinski definition) is 17. The van der Waals surface area contributed by atoms with Crippen LogP contribution in [-0.4, -0.2) is 139 Å². The lowest BCUT2D eigenvalue weighted by molar-refractivity contribution is -0.135. The van der Waals surface area contributed by atoms with Crippen molar-refractivity contribution in [2.75, 3.05) is 32.8 Å². The Morgan fingerprint density at radius 1 is 0.870 bits per heavy atom. The number of aliphatic imine (C=N–C) groups is 1.